The standard InChI is InChI=1S/C8H3ClF4O.C7H2ClF3O/c9-7(14)5-3-4(10)1-2-6(5)8(11,12)13;8-7(12)4-1-3(9)2-5(10)6(4)11/h1-3H;1-2H. The smallest absolute Gasteiger partial charge is 0.276 e. The molecule has 0 saturated carbocycles. The highest BCUT2D eigenvalue weighted by Gasteiger charge is 2.34. The monoisotopic (exact) mass is 420 g/mol. The second kappa shape index (κ2) is 8.50. The Morgan fingerprint density at radius 2 is 1.27 bits per heavy atom. The molecule has 0 radical (unpaired) electrons. The highest BCUT2D eigenvalue weighted by atomic mass is 35.5. The van der Waals surface area contributed by atoms with Gasteiger partial charge in [0.25, 0.3) is 10.5 Å². The van der Waals surface area contributed by atoms with Crippen molar-refractivity contribution in [3.8, 4) is 0 Å². The zero-order valence-electron chi connectivity index (χ0n) is 12.1. The lowest BCUT2D eigenvalue weighted by Gasteiger charge is -2.09. The van der Waals surface area contributed by atoms with Crippen molar-refractivity contribution < 1.29 is 40.3 Å². The van der Waals surface area contributed by atoms with Gasteiger partial charge in [-0.25, -0.2) is 17.6 Å². The summed E-state index contributed by atoms with van der Waals surface area (Å²) in [6.45, 7) is 0. The maximum absolute atomic E-state index is 12.6. The fourth-order valence-corrected chi connectivity index (χ4v) is 1.92. The van der Waals surface area contributed by atoms with Crippen LogP contribution in [0.5, 0.6) is 0 Å². The van der Waals surface area contributed by atoms with E-state index < -0.39 is 56.6 Å². The Hall–Kier alpha value is -2.13. The number of alkyl halides is 3. The summed E-state index contributed by atoms with van der Waals surface area (Å²) >= 11 is 9.72. The Kier molecular flexibility index (Phi) is 7.16. The van der Waals surface area contributed by atoms with Crippen LogP contribution in [0.2, 0.25) is 0 Å². The van der Waals surface area contributed by atoms with Crippen LogP contribution >= 0.6 is 23.2 Å². The lowest BCUT2D eigenvalue weighted by Crippen LogP contribution is -2.11. The first kappa shape index (κ1) is 21.9. The predicted molar refractivity (Wildman–Crippen MR) is 78.1 cm³/mol. The molecule has 26 heavy (non-hydrogen) atoms. The fraction of sp³-hybridized carbons (Fsp3) is 0.0667. The molecule has 0 aliphatic rings. The second-order valence-corrected chi connectivity index (χ2v) is 5.17. The highest BCUT2D eigenvalue weighted by molar-refractivity contribution is 6.68. The Balaban J connectivity index is 0.000000263. The van der Waals surface area contributed by atoms with Gasteiger partial charge in [-0.15, -0.1) is 0 Å². The molecule has 0 fully saturated rings. The van der Waals surface area contributed by atoms with Crippen molar-refractivity contribution in [1.29, 1.82) is 0 Å². The molecule has 0 atom stereocenters. The van der Waals surface area contributed by atoms with Crippen molar-refractivity contribution in [2.24, 2.45) is 0 Å². The number of carbonyl (C=O) groups excluding carboxylic acids is 2. The minimum Gasteiger partial charge on any atom is -0.276 e. The van der Waals surface area contributed by atoms with Crippen molar-refractivity contribution in [2.75, 3.05) is 0 Å². The molecule has 0 aromatic heterocycles. The zero-order valence-corrected chi connectivity index (χ0v) is 13.6. The number of carbonyl (C=O) groups is 2. The molecule has 2 rings (SSSR count). The molecule has 0 saturated heterocycles. The van der Waals surface area contributed by atoms with Crippen LogP contribution < -0.4 is 0 Å². The molecular weight excluding hydrogens is 416 g/mol. The van der Waals surface area contributed by atoms with Gasteiger partial charge in [0.2, 0.25) is 0 Å². The van der Waals surface area contributed by atoms with E-state index in [9.17, 15) is 40.3 Å². The summed E-state index contributed by atoms with van der Waals surface area (Å²) in [5.41, 5.74) is -2.91. The Labute approximate surface area is 151 Å². The number of benzene rings is 2. The third-order valence-electron chi connectivity index (χ3n) is 2.70. The van der Waals surface area contributed by atoms with Gasteiger partial charge < -0.3 is 0 Å². The summed E-state index contributed by atoms with van der Waals surface area (Å²) in [5, 5.41) is -2.57. The first-order chi connectivity index (χ1) is 11.8. The molecule has 0 heterocycles. The zero-order chi connectivity index (χ0) is 20.2. The molecule has 0 bridgehead atoms. The first-order valence-electron chi connectivity index (χ1n) is 6.25. The number of hydrogen-bond donors (Lipinski definition) is 0. The van der Waals surface area contributed by atoms with Gasteiger partial charge in [-0.2, -0.15) is 13.2 Å². The van der Waals surface area contributed by atoms with Gasteiger partial charge in [0.15, 0.2) is 11.6 Å². The number of halogens is 9. The van der Waals surface area contributed by atoms with E-state index in [-0.39, 0.29) is 0 Å². The van der Waals surface area contributed by atoms with Crippen molar-refractivity contribution in [3.63, 3.8) is 0 Å². The van der Waals surface area contributed by atoms with E-state index in [1.165, 1.54) is 0 Å². The molecule has 2 nitrogen and oxygen atoms in total. The highest BCUT2D eigenvalue weighted by Crippen LogP contribution is 2.32. The molecule has 0 aliphatic heterocycles. The van der Waals surface area contributed by atoms with E-state index in [0.717, 1.165) is 0 Å². The van der Waals surface area contributed by atoms with Gasteiger partial charge in [0.05, 0.1) is 11.1 Å². The SMILES string of the molecule is O=C(Cl)c1cc(F)cc(F)c1F.O=C(Cl)c1cc(F)ccc1C(F)(F)F. The first-order valence-corrected chi connectivity index (χ1v) is 7.01. The minimum atomic E-state index is -4.71. The lowest BCUT2D eigenvalue weighted by atomic mass is 10.1. The van der Waals surface area contributed by atoms with Crippen LogP contribution in [0.3, 0.4) is 0 Å². The normalized spacial score (nSPS) is 10.8. The summed E-state index contributed by atoms with van der Waals surface area (Å²) in [6.07, 6.45) is -4.71. The minimum absolute atomic E-state index is 0.332. The van der Waals surface area contributed by atoms with Gasteiger partial charge in [-0.3, -0.25) is 9.59 Å². The van der Waals surface area contributed by atoms with E-state index in [1.54, 1.807) is 0 Å². The molecule has 0 N–H and O–H groups in total. The van der Waals surface area contributed by atoms with E-state index in [4.69, 9.17) is 23.2 Å². The Morgan fingerprint density at radius 3 is 1.73 bits per heavy atom. The van der Waals surface area contributed by atoms with Crippen molar-refractivity contribution in [1.82, 2.24) is 0 Å². The number of rotatable bonds is 2. The van der Waals surface area contributed by atoms with Crippen LogP contribution in [0.25, 0.3) is 0 Å². The average molecular weight is 421 g/mol. The van der Waals surface area contributed by atoms with E-state index >= 15 is 0 Å². The Bertz CT molecular complexity index is 851. The van der Waals surface area contributed by atoms with Crippen LogP contribution in [0.1, 0.15) is 26.3 Å². The molecule has 11 heteroatoms. The molecular formula is C15H5Cl2F7O2. The molecule has 0 unspecified atom stereocenters. The molecule has 2 aromatic carbocycles. The number of hydrogen-bond acceptors (Lipinski definition) is 2. The predicted octanol–water partition coefficient (Wildman–Crippen LogP) is 5.71. The van der Waals surface area contributed by atoms with Gasteiger partial charge in [0.1, 0.15) is 11.6 Å². The Morgan fingerprint density at radius 1 is 0.769 bits per heavy atom. The maximum atomic E-state index is 12.6. The summed E-state index contributed by atoms with van der Waals surface area (Å²) in [5.74, 6) is -4.85. The third-order valence-corrected chi connectivity index (χ3v) is 3.11. The third kappa shape index (κ3) is 5.70. The molecule has 2 aromatic rings. The fourth-order valence-electron chi connectivity index (χ4n) is 1.63. The summed E-state index contributed by atoms with van der Waals surface area (Å²) < 4.78 is 86.4. The lowest BCUT2D eigenvalue weighted by molar-refractivity contribution is -0.137. The van der Waals surface area contributed by atoms with Gasteiger partial charge >= 0.3 is 6.18 Å². The summed E-state index contributed by atoms with van der Waals surface area (Å²) in [7, 11) is 0. The van der Waals surface area contributed by atoms with Crippen LogP contribution in [0.15, 0.2) is 30.3 Å². The van der Waals surface area contributed by atoms with Crippen molar-refractivity contribution in [2.45, 2.75) is 6.18 Å². The van der Waals surface area contributed by atoms with Crippen molar-refractivity contribution in [3.05, 3.63) is 70.3 Å². The van der Waals surface area contributed by atoms with Crippen LogP contribution in [0.4, 0.5) is 30.7 Å². The van der Waals surface area contributed by atoms with Gasteiger partial charge in [0, 0.05) is 11.6 Å². The molecule has 140 valence electrons. The topological polar surface area (TPSA) is 34.1 Å². The maximum Gasteiger partial charge on any atom is 0.417 e. The largest absolute Gasteiger partial charge is 0.417 e. The van der Waals surface area contributed by atoms with E-state index in [0.29, 0.717) is 30.3 Å². The van der Waals surface area contributed by atoms with Crippen LogP contribution in [-0.4, -0.2) is 10.5 Å². The quantitative estimate of drug-likeness (QED) is 0.354. The van der Waals surface area contributed by atoms with Gasteiger partial charge in [-0.1, -0.05) is 0 Å². The van der Waals surface area contributed by atoms with E-state index in [2.05, 4.69) is 0 Å². The summed E-state index contributed by atoms with van der Waals surface area (Å²) in [4.78, 5) is 20.9. The molecule has 0 amide bonds. The summed E-state index contributed by atoms with van der Waals surface area (Å²) in [6, 6.07) is 2.42. The molecule has 0 spiro atoms. The van der Waals surface area contributed by atoms with E-state index in [1.807, 2.05) is 0 Å². The van der Waals surface area contributed by atoms with Crippen LogP contribution in [0, 0.1) is 23.3 Å². The van der Waals surface area contributed by atoms with Crippen LogP contribution in [-0.2, 0) is 6.18 Å². The second-order valence-electron chi connectivity index (χ2n) is 4.48. The van der Waals surface area contributed by atoms with Gasteiger partial charge in [-0.05, 0) is 47.5 Å². The molecule has 0 aliphatic carbocycles. The van der Waals surface area contributed by atoms with Crippen molar-refractivity contribution >= 4 is 33.7 Å². The average Bonchev–Trinajstić information content (AvgIpc) is 2.49.